The molecule has 156 valence electrons. The summed E-state index contributed by atoms with van der Waals surface area (Å²) < 4.78 is 0. The fraction of sp³-hybridized carbons (Fsp3) is 1.00. The molecule has 2 N–H and O–H groups in total. The van der Waals surface area contributed by atoms with Crippen LogP contribution in [-0.4, -0.2) is 45.9 Å². The molecule has 0 aromatic heterocycles. The van der Waals surface area contributed by atoms with Crippen LogP contribution in [0.3, 0.4) is 0 Å². The molecule has 0 aliphatic heterocycles. The van der Waals surface area contributed by atoms with Gasteiger partial charge in [-0.15, -0.1) is 0 Å². The molecule has 4 atom stereocenters. The van der Waals surface area contributed by atoms with Gasteiger partial charge in [-0.1, -0.05) is 39.5 Å². The summed E-state index contributed by atoms with van der Waals surface area (Å²) in [5.74, 6) is 6.62. The van der Waals surface area contributed by atoms with E-state index >= 15 is 0 Å². The van der Waals surface area contributed by atoms with Crippen molar-refractivity contribution in [2.24, 2.45) is 17.8 Å². The lowest BCUT2D eigenvalue weighted by atomic mass is 9.77. The smallest absolute Gasteiger partial charge is 0.0431 e. The lowest BCUT2D eigenvalue weighted by molar-refractivity contribution is 0.244. The minimum Gasteiger partial charge on any atom is -0.396 e. The van der Waals surface area contributed by atoms with Crippen molar-refractivity contribution in [2.45, 2.75) is 89.7 Å². The summed E-state index contributed by atoms with van der Waals surface area (Å²) in [7, 11) is 0. The molecule has 0 aromatic carbocycles. The van der Waals surface area contributed by atoms with Crippen molar-refractivity contribution < 1.29 is 10.2 Å². The van der Waals surface area contributed by atoms with Crippen molar-refractivity contribution in [2.75, 3.05) is 30.5 Å². The van der Waals surface area contributed by atoms with Gasteiger partial charge in [-0.3, -0.25) is 0 Å². The molecule has 0 amide bonds. The van der Waals surface area contributed by atoms with E-state index in [4.69, 9.17) is 10.2 Å². The third kappa shape index (κ3) is 11.5. The second-order valence-corrected chi connectivity index (χ2v) is 10.8. The number of aliphatic hydroxyl groups is 2. The molecule has 26 heavy (non-hydrogen) atoms. The van der Waals surface area contributed by atoms with Crippen LogP contribution in [0.4, 0.5) is 0 Å². The van der Waals surface area contributed by atoms with Crippen LogP contribution in [0.25, 0.3) is 0 Å². The maximum absolute atomic E-state index is 8.85. The van der Waals surface area contributed by atoms with Crippen LogP contribution in [0.15, 0.2) is 0 Å². The zero-order chi connectivity index (χ0) is 19.0. The summed E-state index contributed by atoms with van der Waals surface area (Å²) in [6, 6.07) is 0. The van der Waals surface area contributed by atoms with Gasteiger partial charge < -0.3 is 10.2 Å². The number of rotatable bonds is 16. The Bertz CT molecular complexity index is 315. The standard InChI is InChI=1S/C22H44O2S2/c1-19-11-12-21(17-22(19)26-16-10-6-4-8-14-24)20(2)18-25-15-9-5-3-7-13-23/h19-24H,3-18H2,1-2H3. The van der Waals surface area contributed by atoms with Crippen LogP contribution in [0.5, 0.6) is 0 Å². The summed E-state index contributed by atoms with van der Waals surface area (Å²) >= 11 is 4.39. The van der Waals surface area contributed by atoms with E-state index in [1.54, 1.807) is 0 Å². The molecule has 0 heterocycles. The molecule has 0 bridgehead atoms. The molecule has 1 fully saturated rings. The quantitative estimate of drug-likeness (QED) is 0.310. The molecule has 1 aliphatic rings. The van der Waals surface area contributed by atoms with Crippen molar-refractivity contribution >= 4 is 23.5 Å². The van der Waals surface area contributed by atoms with Crippen LogP contribution >= 0.6 is 23.5 Å². The molecule has 4 unspecified atom stereocenters. The molecule has 0 radical (unpaired) electrons. The summed E-state index contributed by atoms with van der Waals surface area (Å²) in [5.41, 5.74) is 0. The van der Waals surface area contributed by atoms with E-state index in [9.17, 15) is 0 Å². The van der Waals surface area contributed by atoms with Gasteiger partial charge in [0.05, 0.1) is 0 Å². The van der Waals surface area contributed by atoms with E-state index in [1.165, 1.54) is 75.0 Å². The molecular weight excluding hydrogens is 360 g/mol. The van der Waals surface area contributed by atoms with E-state index in [0.717, 1.165) is 35.8 Å². The number of thioether (sulfide) groups is 2. The van der Waals surface area contributed by atoms with Gasteiger partial charge in [-0.05, 0) is 80.0 Å². The Kier molecular flexibility index (Phi) is 15.7. The van der Waals surface area contributed by atoms with E-state index < -0.39 is 0 Å². The van der Waals surface area contributed by atoms with E-state index in [1.807, 2.05) is 0 Å². The first-order chi connectivity index (χ1) is 12.7. The Hall–Kier alpha value is 0.620. The maximum atomic E-state index is 8.85. The fourth-order valence-corrected chi connectivity index (χ4v) is 6.68. The van der Waals surface area contributed by atoms with Gasteiger partial charge in [-0.25, -0.2) is 0 Å². The monoisotopic (exact) mass is 404 g/mol. The number of aliphatic hydroxyl groups excluding tert-OH is 2. The molecule has 2 nitrogen and oxygen atoms in total. The molecule has 1 saturated carbocycles. The number of hydrogen-bond donors (Lipinski definition) is 2. The van der Waals surface area contributed by atoms with Gasteiger partial charge >= 0.3 is 0 Å². The Balaban J connectivity index is 2.13. The molecule has 0 aromatic rings. The van der Waals surface area contributed by atoms with E-state index in [2.05, 4.69) is 37.4 Å². The fourth-order valence-electron chi connectivity index (χ4n) is 3.94. The topological polar surface area (TPSA) is 40.5 Å². The highest BCUT2D eigenvalue weighted by Crippen LogP contribution is 2.40. The minimum atomic E-state index is 0.353. The Morgan fingerprint density at radius 3 is 2.12 bits per heavy atom. The summed E-state index contributed by atoms with van der Waals surface area (Å²) in [6.45, 7) is 5.65. The highest BCUT2D eigenvalue weighted by atomic mass is 32.2. The normalized spacial score (nSPS) is 24.7. The van der Waals surface area contributed by atoms with Crippen molar-refractivity contribution in [1.82, 2.24) is 0 Å². The molecule has 1 rings (SSSR count). The highest BCUT2D eigenvalue weighted by Gasteiger charge is 2.30. The van der Waals surface area contributed by atoms with Crippen LogP contribution in [0.2, 0.25) is 0 Å². The third-order valence-corrected chi connectivity index (χ3v) is 8.88. The average Bonchev–Trinajstić information content (AvgIpc) is 2.65. The first-order valence-electron chi connectivity index (χ1n) is 11.1. The second-order valence-electron chi connectivity index (χ2n) is 8.29. The van der Waals surface area contributed by atoms with Crippen LogP contribution in [0.1, 0.15) is 84.5 Å². The molecule has 4 heteroatoms. The Morgan fingerprint density at radius 2 is 1.46 bits per heavy atom. The first kappa shape index (κ1) is 24.7. The zero-order valence-corrected chi connectivity index (χ0v) is 19.0. The third-order valence-electron chi connectivity index (χ3n) is 5.93. The molecule has 0 saturated heterocycles. The predicted octanol–water partition coefficient (Wildman–Crippen LogP) is 6.00. The summed E-state index contributed by atoms with van der Waals surface area (Å²) in [5, 5.41) is 18.5. The van der Waals surface area contributed by atoms with E-state index in [-0.39, 0.29) is 0 Å². The van der Waals surface area contributed by atoms with Crippen molar-refractivity contribution in [3.8, 4) is 0 Å². The van der Waals surface area contributed by atoms with Gasteiger partial charge in [0.2, 0.25) is 0 Å². The second kappa shape index (κ2) is 16.6. The van der Waals surface area contributed by atoms with Crippen LogP contribution < -0.4 is 0 Å². The Morgan fingerprint density at radius 1 is 0.846 bits per heavy atom. The van der Waals surface area contributed by atoms with Gasteiger partial charge in [-0.2, -0.15) is 23.5 Å². The summed E-state index contributed by atoms with van der Waals surface area (Å²) in [4.78, 5) is 0. The van der Waals surface area contributed by atoms with Gasteiger partial charge in [0.15, 0.2) is 0 Å². The van der Waals surface area contributed by atoms with E-state index in [0.29, 0.717) is 13.2 Å². The number of unbranched alkanes of at least 4 members (excludes halogenated alkanes) is 6. The van der Waals surface area contributed by atoms with Gasteiger partial charge in [0.25, 0.3) is 0 Å². The van der Waals surface area contributed by atoms with Crippen molar-refractivity contribution in [3.05, 3.63) is 0 Å². The van der Waals surface area contributed by atoms with Gasteiger partial charge in [0.1, 0.15) is 0 Å². The molecule has 0 spiro atoms. The minimum absolute atomic E-state index is 0.353. The predicted molar refractivity (Wildman–Crippen MR) is 120 cm³/mol. The molecular formula is C22H44O2S2. The zero-order valence-electron chi connectivity index (χ0n) is 17.3. The summed E-state index contributed by atoms with van der Waals surface area (Å²) in [6.07, 6.45) is 13.8. The maximum Gasteiger partial charge on any atom is 0.0431 e. The lowest BCUT2D eigenvalue weighted by Crippen LogP contribution is -2.29. The van der Waals surface area contributed by atoms with Crippen LogP contribution in [0, 0.1) is 17.8 Å². The lowest BCUT2D eigenvalue weighted by Gasteiger charge is -2.37. The molecule has 1 aliphatic carbocycles. The largest absolute Gasteiger partial charge is 0.396 e. The van der Waals surface area contributed by atoms with Crippen LogP contribution in [-0.2, 0) is 0 Å². The number of hydrogen-bond acceptors (Lipinski definition) is 4. The van der Waals surface area contributed by atoms with Crippen molar-refractivity contribution in [1.29, 1.82) is 0 Å². The highest BCUT2D eigenvalue weighted by molar-refractivity contribution is 8.00. The SMILES string of the molecule is CC(CSCCCCCCO)C1CCC(C)C(SCCCCCCO)C1. The van der Waals surface area contributed by atoms with Gasteiger partial charge in [0, 0.05) is 18.5 Å². The first-order valence-corrected chi connectivity index (χ1v) is 13.3. The Labute approximate surface area is 171 Å². The van der Waals surface area contributed by atoms with Crippen molar-refractivity contribution in [3.63, 3.8) is 0 Å². The average molecular weight is 405 g/mol.